The molecule has 0 saturated carbocycles. The summed E-state index contributed by atoms with van der Waals surface area (Å²) < 4.78 is 10.3. The Hall–Kier alpha value is -0.193. The molecule has 0 atom stereocenters. The van der Waals surface area contributed by atoms with Gasteiger partial charge in [-0.25, -0.2) is 0 Å². The highest BCUT2D eigenvalue weighted by Gasteiger charge is 2.02. The van der Waals surface area contributed by atoms with E-state index in [1.54, 1.807) is 14.2 Å². The van der Waals surface area contributed by atoms with E-state index in [4.69, 9.17) is 9.47 Å². The van der Waals surface area contributed by atoms with Gasteiger partial charge in [-0.2, -0.15) is 0 Å². The van der Waals surface area contributed by atoms with Crippen molar-refractivity contribution in [1.82, 2.24) is 0 Å². The van der Waals surface area contributed by atoms with Crippen LogP contribution in [0.25, 0.3) is 0 Å². The maximum atomic E-state index is 5.14. The first-order valence-corrected chi connectivity index (χ1v) is 7.70. The third-order valence-electron chi connectivity index (χ3n) is 2.33. The maximum absolute atomic E-state index is 5.14. The van der Waals surface area contributed by atoms with Crippen molar-refractivity contribution in [3.63, 3.8) is 0 Å². The van der Waals surface area contributed by atoms with E-state index in [-0.39, 0.29) is 15.4 Å². The monoisotopic (exact) mass is 231 g/mol. The lowest BCUT2D eigenvalue weighted by atomic mass is 10.2. The largest absolute Gasteiger partial charge is 0.360 e. The zero-order valence-corrected chi connectivity index (χ0v) is 11.8. The molecule has 0 N–H and O–H groups in total. The van der Waals surface area contributed by atoms with Gasteiger partial charge in [0.25, 0.3) is 0 Å². The molecule has 0 fully saturated rings. The molecule has 0 spiro atoms. The normalized spacial score (nSPS) is 12.5. The Kier molecular flexibility index (Phi) is 11.7. The first-order valence-electron chi connectivity index (χ1n) is 5.89. The van der Waals surface area contributed by atoms with E-state index >= 15 is 0 Å². The van der Waals surface area contributed by atoms with Crippen molar-refractivity contribution in [3.05, 3.63) is 0 Å². The third kappa shape index (κ3) is 10.1. The van der Waals surface area contributed by atoms with Gasteiger partial charge < -0.3 is 9.47 Å². The molecule has 0 heterocycles. The Morgan fingerprint density at radius 1 is 1.20 bits per heavy atom. The highest BCUT2D eigenvalue weighted by atomic mass is 28.2. The van der Waals surface area contributed by atoms with Gasteiger partial charge in [-0.15, -0.1) is 0 Å². The van der Waals surface area contributed by atoms with E-state index in [9.17, 15) is 0 Å². The van der Waals surface area contributed by atoms with Crippen molar-refractivity contribution < 1.29 is 9.47 Å². The minimum Gasteiger partial charge on any atom is -0.360 e. The maximum Gasteiger partial charge on any atom is 0.134 e. The van der Waals surface area contributed by atoms with Gasteiger partial charge in [-0.05, 0) is 18.7 Å². The van der Waals surface area contributed by atoms with E-state index in [2.05, 4.69) is 11.9 Å². The fraction of sp³-hybridized carbons (Fsp3) is 0.909. The van der Waals surface area contributed by atoms with Crippen LogP contribution in [-0.4, -0.2) is 42.4 Å². The molecule has 0 aliphatic carbocycles. The first kappa shape index (κ1) is 14.8. The van der Waals surface area contributed by atoms with E-state index in [0.717, 1.165) is 12.6 Å². The summed E-state index contributed by atoms with van der Waals surface area (Å²) >= 11 is 0. The predicted octanol–water partition coefficient (Wildman–Crippen LogP) is 1.80. The molecule has 0 aliphatic rings. The Bertz CT molecular complexity index is 150. The summed E-state index contributed by atoms with van der Waals surface area (Å²) in [7, 11) is 3.08. The Morgan fingerprint density at radius 2 is 1.93 bits per heavy atom. The van der Waals surface area contributed by atoms with Crippen LogP contribution in [0.15, 0.2) is 4.99 Å². The second-order valence-corrected chi connectivity index (χ2v) is 5.45. The van der Waals surface area contributed by atoms with E-state index in [0.29, 0.717) is 0 Å². The van der Waals surface area contributed by atoms with Crippen LogP contribution in [0, 0.1) is 0 Å². The average Bonchev–Trinajstić information content (AvgIpc) is 2.27. The molecule has 0 saturated heterocycles. The van der Waals surface area contributed by atoms with Crippen LogP contribution < -0.4 is 0 Å². The molecule has 3 nitrogen and oxygen atoms in total. The smallest absolute Gasteiger partial charge is 0.134 e. The summed E-state index contributed by atoms with van der Waals surface area (Å²) in [5, 5.41) is 0. The van der Waals surface area contributed by atoms with E-state index in [1.807, 2.05) is 6.21 Å². The van der Waals surface area contributed by atoms with Crippen LogP contribution in [0.5, 0.6) is 0 Å². The lowest BCUT2D eigenvalue weighted by Crippen LogP contribution is -2.21. The van der Waals surface area contributed by atoms with Crippen molar-refractivity contribution in [2.45, 2.75) is 44.6 Å². The topological polar surface area (TPSA) is 30.8 Å². The molecule has 0 radical (unpaired) electrons. The molecule has 0 rings (SSSR count). The van der Waals surface area contributed by atoms with Crippen LogP contribution in [0.1, 0.15) is 32.6 Å². The van der Waals surface area contributed by atoms with Gasteiger partial charge in [0.15, 0.2) is 0 Å². The average molecular weight is 231 g/mol. The van der Waals surface area contributed by atoms with Gasteiger partial charge in [-0.1, -0.05) is 26.2 Å². The van der Waals surface area contributed by atoms with Gasteiger partial charge in [-0.3, -0.25) is 4.99 Å². The fourth-order valence-electron chi connectivity index (χ4n) is 1.35. The van der Waals surface area contributed by atoms with Crippen LogP contribution in [0.4, 0.5) is 0 Å². The summed E-state index contributed by atoms with van der Waals surface area (Å²) in [6, 6.07) is 1.07. The number of rotatable bonds is 10. The number of hydrogen-bond donors (Lipinski definition) is 0. The van der Waals surface area contributed by atoms with Crippen molar-refractivity contribution in [3.8, 4) is 0 Å². The molecule has 0 aromatic carbocycles. The Morgan fingerprint density at radius 3 is 2.53 bits per heavy atom. The van der Waals surface area contributed by atoms with Gasteiger partial charge in [0.05, 0.1) is 9.52 Å². The molecule has 0 amide bonds. The van der Waals surface area contributed by atoms with Crippen molar-refractivity contribution >= 4 is 15.7 Å². The quantitative estimate of drug-likeness (QED) is 0.248. The molecule has 0 unspecified atom stereocenters. The third-order valence-corrected chi connectivity index (χ3v) is 4.06. The molecule has 0 aliphatic heterocycles. The number of nitrogens with zero attached hydrogens (tertiary/aromatic N) is 1. The second kappa shape index (κ2) is 11.9. The Balaban J connectivity index is 3.23. The first-order chi connectivity index (χ1) is 7.35. The molecule has 0 aromatic rings. The number of methoxy groups -OCH3 is 2. The standard InChI is InChI=1S/C11H25NO2Si/c1-4-5-6-7-8-12-9-10-15-11(13-2)14-3/h9,11H,4-8,10,15H2,1-3H3. The fourth-order valence-corrected chi connectivity index (χ4v) is 2.43. The van der Waals surface area contributed by atoms with Crippen molar-refractivity contribution in [2.75, 3.05) is 20.8 Å². The van der Waals surface area contributed by atoms with Crippen LogP contribution in [0.2, 0.25) is 6.04 Å². The van der Waals surface area contributed by atoms with Gasteiger partial charge in [0, 0.05) is 20.8 Å². The lowest BCUT2D eigenvalue weighted by molar-refractivity contribution is -0.0437. The van der Waals surface area contributed by atoms with Gasteiger partial charge >= 0.3 is 0 Å². The van der Waals surface area contributed by atoms with Crippen molar-refractivity contribution in [1.29, 1.82) is 0 Å². The zero-order valence-electron chi connectivity index (χ0n) is 10.4. The number of aliphatic imine (C=N–C) groups is 1. The highest BCUT2D eigenvalue weighted by Crippen LogP contribution is 1.98. The molecule has 0 aromatic heterocycles. The van der Waals surface area contributed by atoms with Crippen LogP contribution in [-0.2, 0) is 9.47 Å². The van der Waals surface area contributed by atoms with Gasteiger partial charge in [0.1, 0.15) is 5.91 Å². The SMILES string of the molecule is CCCCCCN=CC[SiH2]C(OC)OC. The summed E-state index contributed by atoms with van der Waals surface area (Å²) in [6.45, 7) is 3.21. The number of ether oxygens (including phenoxy) is 2. The molecule has 4 heteroatoms. The highest BCUT2D eigenvalue weighted by molar-refractivity contribution is 6.40. The molecule has 15 heavy (non-hydrogen) atoms. The van der Waals surface area contributed by atoms with E-state index < -0.39 is 0 Å². The summed E-state index contributed by atoms with van der Waals surface area (Å²) in [6.07, 6.45) is 7.21. The van der Waals surface area contributed by atoms with Gasteiger partial charge in [0.2, 0.25) is 0 Å². The summed E-state index contributed by atoms with van der Waals surface area (Å²) in [5.41, 5.74) is 0. The van der Waals surface area contributed by atoms with Crippen molar-refractivity contribution in [2.24, 2.45) is 4.99 Å². The lowest BCUT2D eigenvalue weighted by Gasteiger charge is -2.10. The number of unbranched alkanes of at least 4 members (excludes halogenated alkanes) is 3. The molecular weight excluding hydrogens is 206 g/mol. The predicted molar refractivity (Wildman–Crippen MR) is 68.7 cm³/mol. The molecule has 90 valence electrons. The Labute approximate surface area is 96.1 Å². The zero-order chi connectivity index (χ0) is 11.4. The van der Waals surface area contributed by atoms with E-state index in [1.165, 1.54) is 25.7 Å². The second-order valence-electron chi connectivity index (χ2n) is 3.63. The van der Waals surface area contributed by atoms with Crippen LogP contribution >= 0.6 is 0 Å². The molecule has 0 bridgehead atoms. The van der Waals surface area contributed by atoms with Crippen LogP contribution in [0.3, 0.4) is 0 Å². The summed E-state index contributed by atoms with van der Waals surface area (Å²) in [4.78, 5) is 4.38. The minimum atomic E-state index is -0.312. The summed E-state index contributed by atoms with van der Waals surface area (Å²) in [5.74, 6) is 0.0524. The minimum absolute atomic E-state index is 0.0524. The molecular formula is C11H25NO2Si. The number of hydrogen-bond acceptors (Lipinski definition) is 3.